The summed E-state index contributed by atoms with van der Waals surface area (Å²) in [5.41, 5.74) is 3.30. The molecule has 0 unspecified atom stereocenters. The van der Waals surface area contributed by atoms with Crippen molar-refractivity contribution in [1.82, 2.24) is 0 Å². The Balaban J connectivity index is 1.51. The van der Waals surface area contributed by atoms with Gasteiger partial charge in [0.1, 0.15) is 5.75 Å². The largest absolute Gasteiger partial charge is 0.507 e. The van der Waals surface area contributed by atoms with E-state index < -0.39 is 36.6 Å². The molecule has 0 amide bonds. The van der Waals surface area contributed by atoms with Crippen molar-refractivity contribution in [2.75, 3.05) is 12.4 Å². The molecule has 6 nitrogen and oxygen atoms in total. The highest BCUT2D eigenvalue weighted by atomic mass is 79.9. The van der Waals surface area contributed by atoms with Gasteiger partial charge < -0.3 is 19.2 Å². The van der Waals surface area contributed by atoms with Gasteiger partial charge in [0.2, 0.25) is 0 Å². The number of rotatable bonds is 10. The van der Waals surface area contributed by atoms with E-state index in [1.165, 1.54) is 0 Å². The topological polar surface area (TPSA) is 93.1 Å². The molecule has 0 spiro atoms. The van der Waals surface area contributed by atoms with Gasteiger partial charge in [-0.3, -0.25) is 0 Å². The van der Waals surface area contributed by atoms with Crippen LogP contribution >= 0.6 is 15.9 Å². The summed E-state index contributed by atoms with van der Waals surface area (Å²) in [6, 6.07) is 26.0. The standard InChI is InChI=1S/C35H42BBrO6SSi/c1-5-25(20-26-21-28(37)17-18-31(26)38)16-19-32-34-27(24-44(40,41)33(34)22-36(39)43-32)23-42-45(35(2,3)4,29-12-8-6-9-13-29)30-14-10-7-11-15-30/h6-15,17-18,20-21,32-33,38-39H,5,16,19,22-24H2,1-4H3/b25-20+/t32-,33+/m1/s1. The van der Waals surface area contributed by atoms with E-state index in [0.717, 1.165) is 38.0 Å². The molecule has 2 N–H and O–H groups in total. The average Bonchev–Trinajstić information content (AvgIpc) is 3.26. The second-order valence-electron chi connectivity index (χ2n) is 13.0. The van der Waals surface area contributed by atoms with Crippen LogP contribution in [0.4, 0.5) is 0 Å². The predicted molar refractivity (Wildman–Crippen MR) is 189 cm³/mol. The lowest BCUT2D eigenvalue weighted by Gasteiger charge is -2.43. The van der Waals surface area contributed by atoms with Crippen LogP contribution in [0.1, 0.15) is 52.5 Å². The summed E-state index contributed by atoms with van der Waals surface area (Å²) >= 11 is 3.47. The summed E-state index contributed by atoms with van der Waals surface area (Å²) in [7, 11) is -7.59. The molecular formula is C35H42BBrO6SSi. The molecule has 0 aliphatic carbocycles. The summed E-state index contributed by atoms with van der Waals surface area (Å²) in [6.07, 6.45) is 3.34. The molecule has 5 rings (SSSR count). The van der Waals surface area contributed by atoms with Crippen molar-refractivity contribution in [2.45, 2.75) is 69.7 Å². The molecule has 0 bridgehead atoms. The van der Waals surface area contributed by atoms with E-state index in [-0.39, 0.29) is 29.5 Å². The van der Waals surface area contributed by atoms with Crippen LogP contribution in [-0.4, -0.2) is 57.7 Å². The minimum Gasteiger partial charge on any atom is -0.507 e. The van der Waals surface area contributed by atoms with Gasteiger partial charge in [0.05, 0.1) is 23.7 Å². The minimum absolute atomic E-state index is 0.0271. The summed E-state index contributed by atoms with van der Waals surface area (Å²) < 4.78 is 41.3. The number of allylic oxidation sites excluding steroid dienone is 1. The van der Waals surface area contributed by atoms with E-state index in [4.69, 9.17) is 9.08 Å². The minimum atomic E-state index is -3.53. The third kappa shape index (κ3) is 7.11. The van der Waals surface area contributed by atoms with Gasteiger partial charge in [0.15, 0.2) is 9.84 Å². The molecule has 2 aliphatic heterocycles. The fraction of sp³-hybridized carbons (Fsp3) is 0.371. The van der Waals surface area contributed by atoms with Crippen LogP contribution in [-0.2, 0) is 18.9 Å². The summed E-state index contributed by atoms with van der Waals surface area (Å²) in [5, 5.41) is 22.3. The van der Waals surface area contributed by atoms with Crippen molar-refractivity contribution in [2.24, 2.45) is 0 Å². The Labute approximate surface area is 277 Å². The number of halogens is 1. The van der Waals surface area contributed by atoms with Crippen LogP contribution in [0.25, 0.3) is 6.08 Å². The Morgan fingerprint density at radius 2 is 1.69 bits per heavy atom. The first-order valence-electron chi connectivity index (χ1n) is 15.6. The molecule has 0 aromatic heterocycles. The lowest BCUT2D eigenvalue weighted by atomic mass is 9.74. The first kappa shape index (κ1) is 33.9. The monoisotopic (exact) mass is 708 g/mol. The van der Waals surface area contributed by atoms with Gasteiger partial charge in [-0.25, -0.2) is 8.42 Å². The van der Waals surface area contributed by atoms with Crippen LogP contribution in [0.3, 0.4) is 0 Å². The van der Waals surface area contributed by atoms with Crippen molar-refractivity contribution in [3.8, 4) is 5.75 Å². The van der Waals surface area contributed by atoms with Gasteiger partial charge in [-0.2, -0.15) is 0 Å². The maximum absolute atomic E-state index is 13.6. The van der Waals surface area contributed by atoms with Gasteiger partial charge in [0.25, 0.3) is 8.32 Å². The van der Waals surface area contributed by atoms with Gasteiger partial charge in [-0.05, 0) is 64.0 Å². The Morgan fingerprint density at radius 3 is 2.27 bits per heavy atom. The Kier molecular flexibility index (Phi) is 10.3. The van der Waals surface area contributed by atoms with Crippen LogP contribution in [0.5, 0.6) is 5.75 Å². The SMILES string of the molecule is CC/C(=C\c1cc(Br)ccc1O)CC[C@H]1OB(O)C[C@H]2C1=C(CO[Si](c1ccccc1)(c1ccccc1)C(C)(C)C)CS2(=O)=O. The highest BCUT2D eigenvalue weighted by molar-refractivity contribution is 9.10. The van der Waals surface area contributed by atoms with Crippen molar-refractivity contribution in [3.05, 3.63) is 106 Å². The third-order valence-corrected chi connectivity index (χ3v) is 16.6. The van der Waals surface area contributed by atoms with Crippen LogP contribution in [0, 0.1) is 0 Å². The van der Waals surface area contributed by atoms with Crippen LogP contribution in [0.2, 0.25) is 11.4 Å². The van der Waals surface area contributed by atoms with Gasteiger partial charge in [0, 0.05) is 16.4 Å². The molecule has 1 saturated heterocycles. The van der Waals surface area contributed by atoms with E-state index >= 15 is 0 Å². The summed E-state index contributed by atoms with van der Waals surface area (Å²) in [5.74, 6) is 0.0982. The number of phenols is 1. The molecule has 10 heteroatoms. The summed E-state index contributed by atoms with van der Waals surface area (Å²) in [6.45, 7) is 8.85. The number of benzene rings is 3. The molecule has 1 fully saturated rings. The van der Waals surface area contributed by atoms with E-state index in [1.807, 2.05) is 48.5 Å². The van der Waals surface area contributed by atoms with E-state index in [9.17, 15) is 18.5 Å². The van der Waals surface area contributed by atoms with Gasteiger partial charge >= 0.3 is 7.12 Å². The third-order valence-electron chi connectivity index (χ3n) is 9.06. The predicted octanol–water partition coefficient (Wildman–Crippen LogP) is 6.28. The lowest BCUT2D eigenvalue weighted by molar-refractivity contribution is 0.168. The Hall–Kier alpha value is -2.47. The number of phenolic OH excluding ortho intramolecular Hbond substituents is 1. The van der Waals surface area contributed by atoms with Crippen molar-refractivity contribution in [1.29, 1.82) is 0 Å². The molecule has 0 saturated carbocycles. The molecule has 0 radical (unpaired) electrons. The number of hydrogen-bond acceptors (Lipinski definition) is 6. The average molecular weight is 710 g/mol. The number of sulfone groups is 1. The van der Waals surface area contributed by atoms with E-state index in [0.29, 0.717) is 18.4 Å². The van der Waals surface area contributed by atoms with Crippen LogP contribution in [0.15, 0.2) is 100 Å². The maximum Gasteiger partial charge on any atom is 0.456 e. The second kappa shape index (κ2) is 13.7. The molecule has 3 aromatic rings. The van der Waals surface area contributed by atoms with Crippen molar-refractivity contribution < 1.29 is 27.6 Å². The van der Waals surface area contributed by atoms with Crippen molar-refractivity contribution in [3.63, 3.8) is 0 Å². The molecular weight excluding hydrogens is 667 g/mol. The van der Waals surface area contributed by atoms with E-state index in [2.05, 4.69) is 67.9 Å². The number of aromatic hydroxyl groups is 1. The normalized spacial score (nSPS) is 20.4. The lowest BCUT2D eigenvalue weighted by Crippen LogP contribution is -2.66. The molecule has 2 heterocycles. The Morgan fingerprint density at radius 1 is 1.07 bits per heavy atom. The summed E-state index contributed by atoms with van der Waals surface area (Å²) in [4.78, 5) is 0. The molecule has 238 valence electrons. The zero-order valence-corrected chi connectivity index (χ0v) is 29.8. The fourth-order valence-corrected chi connectivity index (χ4v) is 13.9. The van der Waals surface area contributed by atoms with Gasteiger partial charge in [-0.15, -0.1) is 0 Å². The van der Waals surface area contributed by atoms with E-state index in [1.54, 1.807) is 12.1 Å². The van der Waals surface area contributed by atoms with Crippen LogP contribution < -0.4 is 10.4 Å². The maximum atomic E-state index is 13.6. The zero-order chi connectivity index (χ0) is 32.4. The highest BCUT2D eigenvalue weighted by Crippen LogP contribution is 2.42. The smallest absolute Gasteiger partial charge is 0.456 e. The first-order chi connectivity index (χ1) is 21.4. The Bertz CT molecular complexity index is 1630. The molecule has 45 heavy (non-hydrogen) atoms. The molecule has 3 aromatic carbocycles. The quantitative estimate of drug-likeness (QED) is 0.190. The number of fused-ring (bicyclic) bond motifs is 1. The first-order valence-corrected chi connectivity index (χ1v) is 20.0. The van der Waals surface area contributed by atoms with Crippen molar-refractivity contribution >= 4 is 57.7 Å². The molecule has 2 aliphatic rings. The molecule has 2 atom stereocenters. The zero-order valence-electron chi connectivity index (χ0n) is 26.4. The number of hydrogen-bond donors (Lipinski definition) is 2. The highest BCUT2D eigenvalue weighted by Gasteiger charge is 2.52. The fourth-order valence-electron chi connectivity index (χ4n) is 6.89. The second-order valence-corrected chi connectivity index (χ2v) is 20.4. The van der Waals surface area contributed by atoms with Gasteiger partial charge in [-0.1, -0.05) is 116 Å².